The van der Waals surface area contributed by atoms with Gasteiger partial charge in [0.05, 0.1) is 0 Å². The van der Waals surface area contributed by atoms with Gasteiger partial charge in [-0.1, -0.05) is 12.6 Å². The monoisotopic (exact) mass is 350 g/mol. The molecule has 2 N–H and O–H groups in total. The van der Waals surface area contributed by atoms with Gasteiger partial charge >= 0.3 is 0 Å². The minimum atomic E-state index is -0.276. The van der Waals surface area contributed by atoms with Crippen molar-refractivity contribution in [3.05, 3.63) is 66.4 Å². The third-order valence-corrected chi connectivity index (χ3v) is 4.32. The second kappa shape index (κ2) is 7.82. The maximum Gasteiger partial charge on any atom is 0.253 e. The van der Waals surface area contributed by atoms with E-state index in [0.717, 1.165) is 17.8 Å². The number of nitrogens with one attached hydrogen (secondary N) is 2. The van der Waals surface area contributed by atoms with Gasteiger partial charge < -0.3 is 15.5 Å². The Bertz CT molecular complexity index is 800. The molecule has 2 amide bonds. The number of amides is 2. The van der Waals surface area contributed by atoms with Crippen molar-refractivity contribution in [1.82, 2.24) is 9.88 Å². The average Bonchev–Trinajstić information content (AvgIpc) is 3.12. The summed E-state index contributed by atoms with van der Waals surface area (Å²) in [7, 11) is 0. The molecule has 1 aliphatic rings. The minimum Gasteiger partial charge on any atom is -0.365 e. The van der Waals surface area contributed by atoms with Gasteiger partial charge in [0.1, 0.15) is 5.82 Å². The van der Waals surface area contributed by atoms with E-state index in [0.29, 0.717) is 24.3 Å². The molecule has 1 fully saturated rings. The Kier molecular flexibility index (Phi) is 5.31. The van der Waals surface area contributed by atoms with E-state index in [2.05, 4.69) is 22.2 Å². The van der Waals surface area contributed by atoms with Crippen molar-refractivity contribution in [2.45, 2.75) is 19.4 Å². The van der Waals surface area contributed by atoms with Crippen LogP contribution in [0, 0.1) is 6.92 Å². The number of hydrogen-bond acceptors (Lipinski definition) is 4. The zero-order valence-corrected chi connectivity index (χ0v) is 14.7. The van der Waals surface area contributed by atoms with Gasteiger partial charge in [-0.15, -0.1) is 0 Å². The maximum atomic E-state index is 12.7. The van der Waals surface area contributed by atoms with Crippen molar-refractivity contribution >= 4 is 23.3 Å². The van der Waals surface area contributed by atoms with E-state index < -0.39 is 0 Å². The summed E-state index contributed by atoms with van der Waals surface area (Å²) in [5, 5.41) is 6.05. The van der Waals surface area contributed by atoms with Crippen LogP contribution >= 0.6 is 0 Å². The lowest BCUT2D eigenvalue weighted by molar-refractivity contribution is -0.111. The third-order valence-electron chi connectivity index (χ3n) is 4.32. The van der Waals surface area contributed by atoms with Crippen LogP contribution in [0.15, 0.2) is 55.3 Å². The Morgan fingerprint density at radius 1 is 1.23 bits per heavy atom. The van der Waals surface area contributed by atoms with Crippen LogP contribution in [0.1, 0.15) is 22.3 Å². The van der Waals surface area contributed by atoms with Gasteiger partial charge in [-0.25, -0.2) is 4.98 Å². The van der Waals surface area contributed by atoms with Crippen molar-refractivity contribution in [1.29, 1.82) is 0 Å². The van der Waals surface area contributed by atoms with Crippen molar-refractivity contribution in [2.24, 2.45) is 0 Å². The fourth-order valence-electron chi connectivity index (χ4n) is 2.90. The quantitative estimate of drug-likeness (QED) is 0.813. The smallest absolute Gasteiger partial charge is 0.253 e. The third kappa shape index (κ3) is 4.27. The summed E-state index contributed by atoms with van der Waals surface area (Å²) in [4.78, 5) is 30.1. The maximum absolute atomic E-state index is 12.7. The largest absolute Gasteiger partial charge is 0.365 e. The number of nitrogens with zero attached hydrogens (tertiary/aromatic N) is 2. The lowest BCUT2D eigenvalue weighted by Gasteiger charge is -2.18. The summed E-state index contributed by atoms with van der Waals surface area (Å²) in [6.45, 7) is 6.76. The molecule has 1 aromatic heterocycles. The van der Waals surface area contributed by atoms with E-state index in [1.165, 1.54) is 6.08 Å². The van der Waals surface area contributed by atoms with Gasteiger partial charge in [0.15, 0.2) is 0 Å². The number of carbonyl (C=O) groups excluding carboxylic acids is 2. The molecule has 134 valence electrons. The van der Waals surface area contributed by atoms with Crippen LogP contribution in [0.5, 0.6) is 0 Å². The Morgan fingerprint density at radius 2 is 2.00 bits per heavy atom. The molecule has 6 nitrogen and oxygen atoms in total. The Labute approximate surface area is 152 Å². The molecule has 2 aromatic rings. The molecule has 1 aliphatic heterocycles. The van der Waals surface area contributed by atoms with Gasteiger partial charge in [-0.3, -0.25) is 9.59 Å². The molecule has 1 saturated heterocycles. The standard InChI is InChI=1S/C20H22N4O2/c1-3-19(25)23-16-7-5-15(6-8-16)20(26)24-11-10-17(13-24)22-18-9-4-14(2)12-21-18/h3-9,12,17H,1,10-11,13H2,2H3,(H,21,22)(H,23,25)/t17-/m0/s1. The SMILES string of the molecule is C=CC(=O)Nc1ccc(C(=O)N2CC[C@H](Nc3ccc(C)cn3)C2)cc1. The van der Waals surface area contributed by atoms with Crippen LogP contribution in [0.2, 0.25) is 0 Å². The molecule has 6 heteroatoms. The number of aromatic nitrogens is 1. The lowest BCUT2D eigenvalue weighted by atomic mass is 10.2. The molecular weight excluding hydrogens is 328 g/mol. The molecule has 0 saturated carbocycles. The van der Waals surface area contributed by atoms with Crippen molar-refractivity contribution in [2.75, 3.05) is 23.7 Å². The number of hydrogen-bond donors (Lipinski definition) is 2. The lowest BCUT2D eigenvalue weighted by Crippen LogP contribution is -2.31. The van der Waals surface area contributed by atoms with Crippen LogP contribution < -0.4 is 10.6 Å². The summed E-state index contributed by atoms with van der Waals surface area (Å²) < 4.78 is 0. The highest BCUT2D eigenvalue weighted by molar-refractivity contribution is 5.99. The number of likely N-dealkylation sites (tertiary alicyclic amines) is 1. The fourth-order valence-corrected chi connectivity index (χ4v) is 2.90. The molecule has 0 unspecified atom stereocenters. The minimum absolute atomic E-state index is 0.00670. The number of aryl methyl sites for hydroxylation is 1. The number of pyridine rings is 1. The average molecular weight is 350 g/mol. The number of rotatable bonds is 5. The number of carbonyl (C=O) groups is 2. The zero-order chi connectivity index (χ0) is 18.5. The first-order chi connectivity index (χ1) is 12.5. The van der Waals surface area contributed by atoms with Gasteiger partial charge in [-0.2, -0.15) is 0 Å². The first-order valence-corrected chi connectivity index (χ1v) is 8.57. The predicted octanol–water partition coefficient (Wildman–Crippen LogP) is 2.84. The van der Waals surface area contributed by atoms with Gasteiger partial charge in [0.25, 0.3) is 5.91 Å². The van der Waals surface area contributed by atoms with Crippen molar-refractivity contribution in [3.8, 4) is 0 Å². The molecule has 0 bridgehead atoms. The fraction of sp³-hybridized carbons (Fsp3) is 0.250. The van der Waals surface area contributed by atoms with E-state index >= 15 is 0 Å². The molecule has 2 heterocycles. The molecule has 3 rings (SSSR count). The highest BCUT2D eigenvalue weighted by Crippen LogP contribution is 2.18. The second-order valence-electron chi connectivity index (χ2n) is 6.37. The topological polar surface area (TPSA) is 74.3 Å². The van der Waals surface area contributed by atoms with E-state index in [4.69, 9.17) is 0 Å². The van der Waals surface area contributed by atoms with Crippen LogP contribution in [0.3, 0.4) is 0 Å². The molecule has 0 radical (unpaired) electrons. The van der Waals surface area contributed by atoms with Crippen molar-refractivity contribution in [3.63, 3.8) is 0 Å². The number of anilines is 2. The molecular formula is C20H22N4O2. The summed E-state index contributed by atoms with van der Waals surface area (Å²) >= 11 is 0. The molecule has 26 heavy (non-hydrogen) atoms. The normalized spacial score (nSPS) is 16.2. The highest BCUT2D eigenvalue weighted by Gasteiger charge is 2.27. The van der Waals surface area contributed by atoms with E-state index in [-0.39, 0.29) is 17.9 Å². The summed E-state index contributed by atoms with van der Waals surface area (Å²) in [5.74, 6) is 0.548. The van der Waals surface area contributed by atoms with Gasteiger partial charge in [0.2, 0.25) is 5.91 Å². The molecule has 1 atom stereocenters. The van der Waals surface area contributed by atoms with Crippen LogP contribution in [-0.4, -0.2) is 40.8 Å². The number of benzene rings is 1. The molecule has 0 aliphatic carbocycles. The molecule has 1 aromatic carbocycles. The molecule has 0 spiro atoms. The van der Waals surface area contributed by atoms with Gasteiger partial charge in [0, 0.05) is 36.6 Å². The zero-order valence-electron chi connectivity index (χ0n) is 14.7. The second-order valence-corrected chi connectivity index (χ2v) is 6.37. The highest BCUT2D eigenvalue weighted by atomic mass is 16.2. The Morgan fingerprint density at radius 3 is 2.65 bits per heavy atom. The van der Waals surface area contributed by atoms with Crippen LogP contribution in [0.25, 0.3) is 0 Å². The summed E-state index contributed by atoms with van der Waals surface area (Å²) in [6.07, 6.45) is 3.92. The van der Waals surface area contributed by atoms with Gasteiger partial charge in [-0.05, 0) is 55.3 Å². The predicted molar refractivity (Wildman–Crippen MR) is 102 cm³/mol. The first-order valence-electron chi connectivity index (χ1n) is 8.57. The van der Waals surface area contributed by atoms with E-state index in [9.17, 15) is 9.59 Å². The van der Waals surface area contributed by atoms with Crippen molar-refractivity contribution < 1.29 is 9.59 Å². The van der Waals surface area contributed by atoms with Crippen LogP contribution in [-0.2, 0) is 4.79 Å². The van der Waals surface area contributed by atoms with E-state index in [1.807, 2.05) is 30.2 Å². The first kappa shape index (κ1) is 17.7. The summed E-state index contributed by atoms with van der Waals surface area (Å²) in [6, 6.07) is 11.1. The van der Waals surface area contributed by atoms with E-state index in [1.54, 1.807) is 24.3 Å². The Hall–Kier alpha value is -3.15. The van der Waals surface area contributed by atoms with Crippen LogP contribution in [0.4, 0.5) is 11.5 Å². The Balaban J connectivity index is 1.57. The summed E-state index contributed by atoms with van der Waals surface area (Å²) in [5.41, 5.74) is 2.36.